The lowest BCUT2D eigenvalue weighted by molar-refractivity contribution is 0.0792. The number of hydrogen-bond acceptors (Lipinski definition) is 1. The Morgan fingerprint density at radius 1 is 1.43 bits per heavy atom. The van der Waals surface area contributed by atoms with Crippen molar-refractivity contribution < 1.29 is 4.74 Å². The van der Waals surface area contributed by atoms with Gasteiger partial charge in [0.15, 0.2) is 0 Å². The summed E-state index contributed by atoms with van der Waals surface area (Å²) in [6, 6.07) is 6.52. The fraction of sp³-hybridized carbons (Fsp3) is 0.500. The Morgan fingerprint density at radius 2 is 2.21 bits per heavy atom. The van der Waals surface area contributed by atoms with Crippen LogP contribution in [0.2, 0.25) is 0 Å². The Bertz CT molecular complexity index is 333. The maximum atomic E-state index is 5.60. The number of rotatable bonds is 1. The van der Waals surface area contributed by atoms with E-state index in [0.29, 0.717) is 11.8 Å². The van der Waals surface area contributed by atoms with E-state index in [1.165, 1.54) is 11.1 Å². The molecule has 0 amide bonds. The number of benzene rings is 1. The summed E-state index contributed by atoms with van der Waals surface area (Å²) in [6.45, 7) is 6.14. The molecule has 0 unspecified atom stereocenters. The lowest BCUT2D eigenvalue weighted by Crippen LogP contribution is -2.20. The minimum Gasteiger partial charge on any atom is -0.376 e. The van der Waals surface area contributed by atoms with Crippen LogP contribution < -0.4 is 0 Å². The lowest BCUT2D eigenvalue weighted by atomic mass is 9.85. The number of hydrogen-bond donors (Lipinski definition) is 0. The maximum absolute atomic E-state index is 5.60. The molecule has 0 spiro atoms. The molecule has 0 N–H and O–H groups in total. The molecule has 0 aliphatic carbocycles. The normalized spacial score (nSPS) is 21.0. The van der Waals surface area contributed by atoms with E-state index < -0.39 is 0 Å². The second-order valence-electron chi connectivity index (χ2n) is 4.21. The second-order valence-corrected chi connectivity index (χ2v) is 5.12. The van der Waals surface area contributed by atoms with E-state index in [1.54, 1.807) is 0 Å². The Morgan fingerprint density at radius 3 is 2.93 bits per heavy atom. The van der Waals surface area contributed by atoms with Crippen LogP contribution in [-0.4, -0.2) is 6.61 Å². The van der Waals surface area contributed by atoms with Gasteiger partial charge in [0.1, 0.15) is 0 Å². The first-order valence-corrected chi connectivity index (χ1v) is 5.84. The molecule has 2 rings (SSSR count). The lowest BCUT2D eigenvalue weighted by Gasteiger charge is -2.28. The molecule has 1 nitrogen and oxygen atoms in total. The van der Waals surface area contributed by atoms with E-state index in [-0.39, 0.29) is 0 Å². The van der Waals surface area contributed by atoms with Gasteiger partial charge in [0.05, 0.1) is 13.2 Å². The molecular formula is C12H15BrO. The third-order valence-electron chi connectivity index (χ3n) is 2.86. The Kier molecular flexibility index (Phi) is 2.93. The summed E-state index contributed by atoms with van der Waals surface area (Å²) < 4.78 is 6.75. The van der Waals surface area contributed by atoms with Crippen molar-refractivity contribution in [3.63, 3.8) is 0 Å². The van der Waals surface area contributed by atoms with Gasteiger partial charge in [-0.1, -0.05) is 35.8 Å². The van der Waals surface area contributed by atoms with Gasteiger partial charge in [0, 0.05) is 10.4 Å². The van der Waals surface area contributed by atoms with Crippen LogP contribution >= 0.6 is 15.9 Å². The summed E-state index contributed by atoms with van der Waals surface area (Å²) in [7, 11) is 0. The first-order valence-electron chi connectivity index (χ1n) is 5.04. The molecule has 1 aromatic carbocycles. The van der Waals surface area contributed by atoms with Crippen molar-refractivity contribution in [3.8, 4) is 0 Å². The summed E-state index contributed by atoms with van der Waals surface area (Å²) >= 11 is 3.49. The van der Waals surface area contributed by atoms with Gasteiger partial charge >= 0.3 is 0 Å². The molecule has 0 fully saturated rings. The summed E-state index contributed by atoms with van der Waals surface area (Å²) in [6.07, 6.45) is 0. The van der Waals surface area contributed by atoms with E-state index in [2.05, 4.69) is 48.0 Å². The van der Waals surface area contributed by atoms with Gasteiger partial charge in [-0.3, -0.25) is 0 Å². The van der Waals surface area contributed by atoms with Crippen LogP contribution in [0, 0.1) is 5.92 Å². The molecule has 1 aliphatic heterocycles. The molecule has 76 valence electrons. The summed E-state index contributed by atoms with van der Waals surface area (Å²) in [5, 5.41) is 0. The van der Waals surface area contributed by atoms with Crippen molar-refractivity contribution >= 4 is 15.9 Å². The molecule has 1 heterocycles. The van der Waals surface area contributed by atoms with Crippen molar-refractivity contribution in [2.24, 2.45) is 5.92 Å². The van der Waals surface area contributed by atoms with Crippen LogP contribution in [0.15, 0.2) is 22.7 Å². The number of fused-ring (bicyclic) bond motifs is 1. The van der Waals surface area contributed by atoms with Crippen molar-refractivity contribution in [3.05, 3.63) is 33.8 Å². The van der Waals surface area contributed by atoms with E-state index in [9.17, 15) is 0 Å². The first-order chi connectivity index (χ1) is 6.68. The quantitative estimate of drug-likeness (QED) is 0.743. The zero-order valence-corrected chi connectivity index (χ0v) is 10.2. The molecule has 0 aromatic heterocycles. The van der Waals surface area contributed by atoms with Gasteiger partial charge < -0.3 is 4.74 Å². The highest BCUT2D eigenvalue weighted by molar-refractivity contribution is 9.10. The van der Waals surface area contributed by atoms with E-state index in [4.69, 9.17) is 4.74 Å². The predicted octanol–water partition coefficient (Wildman–Crippen LogP) is 3.72. The van der Waals surface area contributed by atoms with E-state index in [0.717, 1.165) is 17.7 Å². The van der Waals surface area contributed by atoms with Gasteiger partial charge in [-0.25, -0.2) is 0 Å². The smallest absolute Gasteiger partial charge is 0.0720 e. The fourth-order valence-electron chi connectivity index (χ4n) is 2.00. The summed E-state index contributed by atoms with van der Waals surface area (Å²) in [5.41, 5.74) is 2.80. The molecule has 0 saturated heterocycles. The molecule has 14 heavy (non-hydrogen) atoms. The predicted molar refractivity (Wildman–Crippen MR) is 61.4 cm³/mol. The van der Waals surface area contributed by atoms with Crippen molar-refractivity contribution in [2.75, 3.05) is 6.61 Å². The van der Waals surface area contributed by atoms with Gasteiger partial charge in [-0.05, 0) is 29.2 Å². The number of ether oxygens (including phenoxy) is 1. The van der Waals surface area contributed by atoms with Crippen LogP contribution in [-0.2, 0) is 11.3 Å². The molecule has 0 bridgehead atoms. The Balaban J connectivity index is 2.40. The van der Waals surface area contributed by atoms with Crippen LogP contribution in [0.25, 0.3) is 0 Å². The largest absolute Gasteiger partial charge is 0.376 e. The monoisotopic (exact) mass is 254 g/mol. The second kappa shape index (κ2) is 4.03. The van der Waals surface area contributed by atoms with Crippen LogP contribution in [0.1, 0.15) is 30.9 Å². The van der Waals surface area contributed by atoms with E-state index >= 15 is 0 Å². The molecule has 1 atom stereocenters. The molecule has 1 aliphatic rings. The van der Waals surface area contributed by atoms with Gasteiger partial charge in [0.2, 0.25) is 0 Å². The van der Waals surface area contributed by atoms with Crippen molar-refractivity contribution in [2.45, 2.75) is 26.4 Å². The van der Waals surface area contributed by atoms with Gasteiger partial charge in [0.25, 0.3) is 0 Å². The highest BCUT2D eigenvalue weighted by atomic mass is 79.9. The van der Waals surface area contributed by atoms with E-state index in [1.807, 2.05) is 0 Å². The van der Waals surface area contributed by atoms with Crippen molar-refractivity contribution in [1.29, 1.82) is 0 Å². The third-order valence-corrected chi connectivity index (χ3v) is 3.36. The standard InChI is InChI=1S/C12H15BrO/c1-8(2)12-7-14-6-9-5-10(13)3-4-11(9)12/h3-5,8,12H,6-7H2,1-2H3/t12-/m0/s1. The molecular weight excluding hydrogens is 240 g/mol. The van der Waals surface area contributed by atoms with Crippen LogP contribution in [0.3, 0.4) is 0 Å². The highest BCUT2D eigenvalue weighted by Gasteiger charge is 2.23. The number of halogens is 1. The first kappa shape index (κ1) is 10.2. The average molecular weight is 255 g/mol. The Hall–Kier alpha value is -0.340. The van der Waals surface area contributed by atoms with Crippen molar-refractivity contribution in [1.82, 2.24) is 0 Å². The van der Waals surface area contributed by atoms with Crippen LogP contribution in [0.5, 0.6) is 0 Å². The summed E-state index contributed by atoms with van der Waals surface area (Å²) in [4.78, 5) is 0. The molecule has 0 saturated carbocycles. The zero-order valence-electron chi connectivity index (χ0n) is 8.59. The fourth-order valence-corrected chi connectivity index (χ4v) is 2.41. The molecule has 2 heteroatoms. The topological polar surface area (TPSA) is 9.23 Å². The zero-order chi connectivity index (χ0) is 10.1. The molecule has 1 aromatic rings. The average Bonchev–Trinajstić information content (AvgIpc) is 2.16. The van der Waals surface area contributed by atoms with Gasteiger partial charge in [-0.15, -0.1) is 0 Å². The minimum absolute atomic E-state index is 0.562. The van der Waals surface area contributed by atoms with Crippen LogP contribution in [0.4, 0.5) is 0 Å². The minimum atomic E-state index is 0.562. The highest BCUT2D eigenvalue weighted by Crippen LogP contribution is 2.33. The third kappa shape index (κ3) is 1.86. The molecule has 0 radical (unpaired) electrons. The SMILES string of the molecule is CC(C)[C@@H]1COCc2cc(Br)ccc21. The maximum Gasteiger partial charge on any atom is 0.0720 e. The van der Waals surface area contributed by atoms with Gasteiger partial charge in [-0.2, -0.15) is 0 Å². The Labute approximate surface area is 93.6 Å². The summed E-state index contributed by atoms with van der Waals surface area (Å²) in [5.74, 6) is 1.21.